The van der Waals surface area contributed by atoms with Gasteiger partial charge in [-0.1, -0.05) is 30.3 Å². The van der Waals surface area contributed by atoms with Gasteiger partial charge in [0.2, 0.25) is 0 Å². The monoisotopic (exact) mass is 165 g/mol. The summed E-state index contributed by atoms with van der Waals surface area (Å²) in [6.07, 6.45) is 2.55. The van der Waals surface area contributed by atoms with Gasteiger partial charge < -0.3 is 0 Å². The summed E-state index contributed by atoms with van der Waals surface area (Å²) >= 11 is 0. The van der Waals surface area contributed by atoms with E-state index in [-0.39, 0.29) is 0 Å². The summed E-state index contributed by atoms with van der Waals surface area (Å²) in [4.78, 5) is 13.7. The molecule has 1 aromatic carbocycles. The van der Waals surface area contributed by atoms with Crippen LogP contribution in [0.2, 0.25) is 0 Å². The highest BCUT2D eigenvalue weighted by Crippen LogP contribution is 2.00. The van der Waals surface area contributed by atoms with E-state index in [0.717, 1.165) is 11.8 Å². The van der Waals surface area contributed by atoms with Crippen LogP contribution in [0.15, 0.2) is 36.6 Å². The maximum Gasteiger partial charge on any atom is 0.299 e. The van der Waals surface area contributed by atoms with Crippen molar-refractivity contribution in [3.8, 4) is 0 Å². The minimum atomic E-state index is -0.862. The van der Waals surface area contributed by atoms with Crippen molar-refractivity contribution >= 4 is 6.08 Å². The second-order valence-electron chi connectivity index (χ2n) is 2.04. The molecule has 0 heterocycles. The van der Waals surface area contributed by atoms with Crippen molar-refractivity contribution in [2.75, 3.05) is 0 Å². The molecule has 0 aliphatic carbocycles. The highest BCUT2D eigenvalue weighted by molar-refractivity contribution is 5.47. The van der Waals surface area contributed by atoms with E-state index >= 15 is 0 Å². The molecule has 0 aliphatic heterocycles. The van der Waals surface area contributed by atoms with Crippen LogP contribution in [0, 0.1) is 10.1 Å². The molecule has 0 bridgehead atoms. The molecule has 1 rings (SSSR count). The minimum absolute atomic E-state index is 0.861. The zero-order valence-corrected chi connectivity index (χ0v) is 6.21. The zero-order chi connectivity index (χ0) is 8.81. The van der Waals surface area contributed by atoms with Crippen molar-refractivity contribution in [1.29, 1.82) is 0 Å². The summed E-state index contributed by atoms with van der Waals surface area (Å²) in [5.41, 5.74) is 0.861. The van der Waals surface area contributed by atoms with Gasteiger partial charge in [0.15, 0.2) is 0 Å². The molecule has 62 valence electrons. The Bertz CT molecular complexity index is 282. The molecular formula is C8H7NO3. The highest BCUT2D eigenvalue weighted by Gasteiger charge is 1.86. The Labute approximate surface area is 69.2 Å². The molecule has 0 unspecified atom stereocenters. The van der Waals surface area contributed by atoms with Crippen LogP contribution in [0.5, 0.6) is 0 Å². The Balaban J connectivity index is 2.52. The average Bonchev–Trinajstić information content (AvgIpc) is 2.05. The summed E-state index contributed by atoms with van der Waals surface area (Å²) in [6.45, 7) is 0. The molecule has 0 saturated carbocycles. The lowest BCUT2D eigenvalue weighted by atomic mass is 10.2. The summed E-state index contributed by atoms with van der Waals surface area (Å²) in [7, 11) is 0. The largest absolute Gasteiger partial charge is 0.299 e. The smallest absolute Gasteiger partial charge is 0.284 e. The standard InChI is InChI=1S/C8H7NO3/c10-9(11)12-7-6-8-4-2-1-3-5-8/h1-7H. The van der Waals surface area contributed by atoms with Crippen LogP contribution in [-0.2, 0) is 4.84 Å². The molecule has 0 amide bonds. The second-order valence-corrected chi connectivity index (χ2v) is 2.04. The van der Waals surface area contributed by atoms with Crippen molar-refractivity contribution in [2.45, 2.75) is 0 Å². The van der Waals surface area contributed by atoms with Crippen LogP contribution in [0.4, 0.5) is 0 Å². The third-order valence-corrected chi connectivity index (χ3v) is 1.21. The minimum Gasteiger partial charge on any atom is -0.284 e. The maximum absolute atomic E-state index is 9.72. The van der Waals surface area contributed by atoms with Gasteiger partial charge in [0.1, 0.15) is 0 Å². The summed E-state index contributed by atoms with van der Waals surface area (Å²) in [5.74, 6) is 0. The van der Waals surface area contributed by atoms with Crippen LogP contribution < -0.4 is 0 Å². The van der Waals surface area contributed by atoms with Crippen LogP contribution in [0.25, 0.3) is 6.08 Å². The molecule has 0 saturated heterocycles. The van der Waals surface area contributed by atoms with Gasteiger partial charge in [-0.2, -0.15) is 0 Å². The maximum atomic E-state index is 9.72. The fourth-order valence-electron chi connectivity index (χ4n) is 0.723. The van der Waals surface area contributed by atoms with Crippen molar-refractivity contribution in [1.82, 2.24) is 0 Å². The summed E-state index contributed by atoms with van der Waals surface area (Å²) < 4.78 is 0. The molecule has 0 aliphatic rings. The second kappa shape index (κ2) is 4.12. The first-order valence-electron chi connectivity index (χ1n) is 3.32. The van der Waals surface area contributed by atoms with Gasteiger partial charge in [0.25, 0.3) is 5.09 Å². The fourth-order valence-corrected chi connectivity index (χ4v) is 0.723. The molecule has 0 spiro atoms. The quantitative estimate of drug-likeness (QED) is 0.390. The number of benzene rings is 1. The van der Waals surface area contributed by atoms with Crippen LogP contribution >= 0.6 is 0 Å². The van der Waals surface area contributed by atoms with E-state index < -0.39 is 5.09 Å². The van der Waals surface area contributed by atoms with Gasteiger partial charge in [-0.25, -0.2) is 0 Å². The van der Waals surface area contributed by atoms with E-state index in [9.17, 15) is 10.1 Å². The fraction of sp³-hybridized carbons (Fsp3) is 0. The van der Waals surface area contributed by atoms with E-state index in [1.54, 1.807) is 0 Å². The zero-order valence-electron chi connectivity index (χ0n) is 6.21. The third kappa shape index (κ3) is 2.83. The van der Waals surface area contributed by atoms with Crippen LogP contribution in [0.1, 0.15) is 5.56 Å². The average molecular weight is 165 g/mol. The SMILES string of the molecule is O=[N+]([O-])OC=Cc1ccccc1. The van der Waals surface area contributed by atoms with Crippen LogP contribution in [0.3, 0.4) is 0 Å². The molecule has 4 heteroatoms. The lowest BCUT2D eigenvalue weighted by Gasteiger charge is -1.89. The van der Waals surface area contributed by atoms with Crippen molar-refractivity contribution in [3.05, 3.63) is 52.3 Å². The molecule has 0 aromatic heterocycles. The Morgan fingerprint density at radius 1 is 1.33 bits per heavy atom. The molecule has 0 fully saturated rings. The van der Waals surface area contributed by atoms with Crippen molar-refractivity contribution < 1.29 is 9.92 Å². The van der Waals surface area contributed by atoms with Gasteiger partial charge in [0.05, 0.1) is 6.26 Å². The normalized spacial score (nSPS) is 10.0. The predicted octanol–water partition coefficient (Wildman–Crippen LogP) is 1.87. The molecule has 0 atom stereocenters. The van der Waals surface area contributed by atoms with Gasteiger partial charge >= 0.3 is 0 Å². The molecule has 4 nitrogen and oxygen atoms in total. The van der Waals surface area contributed by atoms with E-state index in [0.29, 0.717) is 0 Å². The highest BCUT2D eigenvalue weighted by atomic mass is 16.9. The molecule has 0 N–H and O–H groups in total. The third-order valence-electron chi connectivity index (χ3n) is 1.21. The van der Waals surface area contributed by atoms with Crippen molar-refractivity contribution in [2.24, 2.45) is 0 Å². The summed E-state index contributed by atoms with van der Waals surface area (Å²) in [5, 5.41) is 8.86. The van der Waals surface area contributed by atoms with Crippen molar-refractivity contribution in [3.63, 3.8) is 0 Å². The molecular weight excluding hydrogens is 158 g/mol. The Morgan fingerprint density at radius 3 is 2.58 bits per heavy atom. The number of nitrogens with zero attached hydrogens (tertiary/aromatic N) is 1. The molecule has 1 aromatic rings. The first-order valence-corrected chi connectivity index (χ1v) is 3.32. The van der Waals surface area contributed by atoms with Crippen LogP contribution in [-0.4, -0.2) is 5.09 Å². The van der Waals surface area contributed by atoms with E-state index in [4.69, 9.17) is 0 Å². The first-order chi connectivity index (χ1) is 5.79. The van der Waals surface area contributed by atoms with Gasteiger partial charge in [-0.05, 0) is 11.6 Å². The Kier molecular flexibility index (Phi) is 2.84. The Morgan fingerprint density at radius 2 is 2.00 bits per heavy atom. The summed E-state index contributed by atoms with van der Waals surface area (Å²) in [6, 6.07) is 9.18. The number of hydrogen-bond acceptors (Lipinski definition) is 3. The predicted molar refractivity (Wildman–Crippen MR) is 43.6 cm³/mol. The number of hydrogen-bond donors (Lipinski definition) is 0. The van der Waals surface area contributed by atoms with Gasteiger partial charge in [-0.15, -0.1) is 10.1 Å². The Hall–Kier alpha value is -1.84. The first kappa shape index (κ1) is 8.26. The lowest BCUT2D eigenvalue weighted by Crippen LogP contribution is -1.91. The molecule has 12 heavy (non-hydrogen) atoms. The topological polar surface area (TPSA) is 52.4 Å². The van der Waals surface area contributed by atoms with E-state index in [1.165, 1.54) is 6.08 Å². The van der Waals surface area contributed by atoms with E-state index in [2.05, 4.69) is 4.84 Å². The number of rotatable bonds is 3. The van der Waals surface area contributed by atoms with Gasteiger partial charge in [0, 0.05) is 0 Å². The van der Waals surface area contributed by atoms with Gasteiger partial charge in [-0.3, -0.25) is 4.84 Å². The molecule has 0 radical (unpaired) electrons. The lowest BCUT2D eigenvalue weighted by molar-refractivity contribution is -0.737. The van der Waals surface area contributed by atoms with E-state index in [1.807, 2.05) is 30.3 Å².